The van der Waals surface area contributed by atoms with Crippen LogP contribution in [0.2, 0.25) is 0 Å². The summed E-state index contributed by atoms with van der Waals surface area (Å²) < 4.78 is 11.9. The number of phenolic OH excluding ortho intramolecular Hbond substituents is 1. The minimum atomic E-state index is -0.290. The number of aryl methyl sites for hydroxylation is 1. The second kappa shape index (κ2) is 11.0. The molecule has 10 heteroatoms. The third-order valence-electron chi connectivity index (χ3n) is 4.99. The molecule has 0 aliphatic carbocycles. The van der Waals surface area contributed by atoms with E-state index in [4.69, 9.17) is 9.47 Å². The molecular weight excluding hydrogens is 428 g/mol. The van der Waals surface area contributed by atoms with E-state index in [2.05, 4.69) is 15.6 Å². The summed E-state index contributed by atoms with van der Waals surface area (Å²) >= 11 is 0. The maximum atomic E-state index is 12.8. The van der Waals surface area contributed by atoms with Gasteiger partial charge in [-0.2, -0.15) is 0 Å². The lowest BCUT2D eigenvalue weighted by Crippen LogP contribution is -2.34. The molecular formula is C23H26N4O6. The van der Waals surface area contributed by atoms with E-state index in [0.29, 0.717) is 40.9 Å². The predicted molar refractivity (Wildman–Crippen MR) is 122 cm³/mol. The molecule has 0 aliphatic heterocycles. The highest BCUT2D eigenvalue weighted by Gasteiger charge is 2.11. The number of carbonyl (C=O) groups is 2. The van der Waals surface area contributed by atoms with Crippen molar-refractivity contribution in [3.63, 3.8) is 0 Å². The Hall–Kier alpha value is -4.08. The molecule has 10 nitrogen and oxygen atoms in total. The van der Waals surface area contributed by atoms with Gasteiger partial charge in [-0.15, -0.1) is 0 Å². The predicted octanol–water partition coefficient (Wildman–Crippen LogP) is 1.45. The topological polar surface area (TPSA) is 132 Å². The molecule has 2 aromatic carbocycles. The Morgan fingerprint density at radius 3 is 2.39 bits per heavy atom. The largest absolute Gasteiger partial charge is 0.508 e. The van der Waals surface area contributed by atoms with Gasteiger partial charge in [0.05, 0.1) is 31.4 Å². The number of nitrogens with zero attached hydrogens (tertiary/aromatic N) is 2. The molecule has 0 saturated carbocycles. The number of rotatable bonds is 10. The summed E-state index contributed by atoms with van der Waals surface area (Å²) in [5.41, 5.74) is 0.698. The maximum Gasteiger partial charge on any atom is 0.261 e. The number of amides is 2. The number of ether oxygens (including phenoxy) is 2. The van der Waals surface area contributed by atoms with Crippen molar-refractivity contribution in [1.82, 2.24) is 20.2 Å². The molecule has 3 N–H and O–H groups in total. The summed E-state index contributed by atoms with van der Waals surface area (Å²) in [5, 5.41) is 15.1. The Balaban J connectivity index is 1.45. The number of benzene rings is 2. The average Bonchev–Trinajstić information content (AvgIpc) is 2.82. The molecule has 0 atom stereocenters. The Kier molecular flexibility index (Phi) is 7.85. The molecule has 0 aliphatic rings. The van der Waals surface area contributed by atoms with Gasteiger partial charge in [-0.05, 0) is 36.8 Å². The Labute approximate surface area is 190 Å². The zero-order chi connectivity index (χ0) is 23.8. The van der Waals surface area contributed by atoms with Crippen LogP contribution in [0.1, 0.15) is 23.2 Å². The number of hydrogen-bond acceptors (Lipinski definition) is 7. The van der Waals surface area contributed by atoms with Gasteiger partial charge in [-0.3, -0.25) is 19.0 Å². The van der Waals surface area contributed by atoms with Crippen LogP contribution in [0, 0.1) is 0 Å². The minimum absolute atomic E-state index is 0.0838. The van der Waals surface area contributed by atoms with Gasteiger partial charge >= 0.3 is 0 Å². The average molecular weight is 454 g/mol. The first-order valence-corrected chi connectivity index (χ1v) is 10.4. The summed E-state index contributed by atoms with van der Waals surface area (Å²) in [4.78, 5) is 41.1. The summed E-state index contributed by atoms with van der Waals surface area (Å²) in [6.07, 6.45) is 2.13. The van der Waals surface area contributed by atoms with Gasteiger partial charge in [0, 0.05) is 37.7 Å². The van der Waals surface area contributed by atoms with E-state index < -0.39 is 0 Å². The number of nitrogens with one attached hydrogen (secondary N) is 2. The molecule has 3 aromatic rings. The molecule has 174 valence electrons. The second-order valence-corrected chi connectivity index (χ2v) is 7.22. The van der Waals surface area contributed by atoms with Gasteiger partial charge in [0.25, 0.3) is 11.5 Å². The minimum Gasteiger partial charge on any atom is -0.508 e. The molecule has 0 radical (unpaired) electrons. The number of phenols is 1. The first kappa shape index (κ1) is 23.6. The summed E-state index contributed by atoms with van der Waals surface area (Å²) in [6, 6.07) is 9.13. The second-order valence-electron chi connectivity index (χ2n) is 7.22. The summed E-state index contributed by atoms with van der Waals surface area (Å²) in [6.45, 7) is 0.883. The first-order chi connectivity index (χ1) is 15.9. The molecule has 0 fully saturated rings. The number of aromatic nitrogens is 2. The zero-order valence-electron chi connectivity index (χ0n) is 18.5. The smallest absolute Gasteiger partial charge is 0.261 e. The zero-order valence-corrected chi connectivity index (χ0v) is 18.5. The van der Waals surface area contributed by atoms with E-state index in [9.17, 15) is 19.5 Å². The fourth-order valence-corrected chi connectivity index (χ4v) is 3.24. The maximum absolute atomic E-state index is 12.8. The van der Waals surface area contributed by atoms with E-state index in [-0.39, 0.29) is 42.6 Å². The van der Waals surface area contributed by atoms with Crippen LogP contribution in [0.15, 0.2) is 47.5 Å². The van der Waals surface area contributed by atoms with Crippen LogP contribution in [-0.4, -0.2) is 53.8 Å². The third kappa shape index (κ3) is 6.00. The quantitative estimate of drug-likeness (QED) is 0.395. The van der Waals surface area contributed by atoms with Crippen LogP contribution < -0.4 is 25.7 Å². The van der Waals surface area contributed by atoms with Crippen molar-refractivity contribution in [2.75, 3.05) is 27.3 Å². The fraction of sp³-hybridized carbons (Fsp3) is 0.304. The molecule has 3 rings (SSSR count). The van der Waals surface area contributed by atoms with Gasteiger partial charge in [-0.1, -0.05) is 0 Å². The number of methoxy groups -OCH3 is 2. The van der Waals surface area contributed by atoms with Crippen molar-refractivity contribution in [3.8, 4) is 17.2 Å². The van der Waals surface area contributed by atoms with Crippen LogP contribution in [0.25, 0.3) is 10.9 Å². The molecule has 0 spiro atoms. The summed E-state index contributed by atoms with van der Waals surface area (Å²) in [7, 11) is 3.01. The highest BCUT2D eigenvalue weighted by molar-refractivity contribution is 5.94. The number of carbonyl (C=O) groups excluding carboxylic acids is 2. The third-order valence-corrected chi connectivity index (χ3v) is 4.99. The standard InChI is InChI=1S/C23H26N4O6/c1-32-19-12-17-18(13-20(19)33-2)26-14-27(23(17)31)11-3-4-21(29)24-9-10-25-22(30)15-5-7-16(28)8-6-15/h5-8,12-14,28H,3-4,9-11H2,1-2H3,(H,24,29)(H,25,30). The Morgan fingerprint density at radius 1 is 1.03 bits per heavy atom. The molecule has 0 saturated heterocycles. The SMILES string of the molecule is COc1cc2ncn(CCCC(=O)NCCNC(=O)c3ccc(O)cc3)c(=O)c2cc1OC. The first-order valence-electron chi connectivity index (χ1n) is 10.4. The van der Waals surface area contributed by atoms with Crippen LogP contribution >= 0.6 is 0 Å². The van der Waals surface area contributed by atoms with E-state index in [1.165, 1.54) is 49.4 Å². The molecule has 0 bridgehead atoms. The lowest BCUT2D eigenvalue weighted by molar-refractivity contribution is -0.121. The van der Waals surface area contributed by atoms with Gasteiger partial charge < -0.3 is 25.2 Å². The van der Waals surface area contributed by atoms with Gasteiger partial charge in [0.2, 0.25) is 5.91 Å². The molecule has 2 amide bonds. The van der Waals surface area contributed by atoms with E-state index >= 15 is 0 Å². The lowest BCUT2D eigenvalue weighted by Gasteiger charge is -2.11. The Bertz CT molecular complexity index is 1190. The Morgan fingerprint density at radius 2 is 1.70 bits per heavy atom. The summed E-state index contributed by atoms with van der Waals surface area (Å²) in [5.74, 6) is 0.549. The van der Waals surface area contributed by atoms with Crippen molar-refractivity contribution >= 4 is 22.7 Å². The molecule has 1 aromatic heterocycles. The van der Waals surface area contributed by atoms with Gasteiger partial charge in [0.15, 0.2) is 11.5 Å². The van der Waals surface area contributed by atoms with Gasteiger partial charge in [-0.25, -0.2) is 4.98 Å². The monoisotopic (exact) mass is 454 g/mol. The van der Waals surface area contributed by atoms with Crippen LogP contribution in [-0.2, 0) is 11.3 Å². The molecule has 0 unspecified atom stereocenters. The van der Waals surface area contributed by atoms with E-state index in [1.807, 2.05) is 0 Å². The van der Waals surface area contributed by atoms with Gasteiger partial charge in [0.1, 0.15) is 5.75 Å². The number of aromatic hydroxyl groups is 1. The fourth-order valence-electron chi connectivity index (χ4n) is 3.24. The highest BCUT2D eigenvalue weighted by atomic mass is 16.5. The van der Waals surface area contributed by atoms with Crippen molar-refractivity contribution in [2.24, 2.45) is 0 Å². The highest BCUT2D eigenvalue weighted by Crippen LogP contribution is 2.29. The molecule has 1 heterocycles. The van der Waals surface area contributed by atoms with Crippen LogP contribution in [0.3, 0.4) is 0 Å². The molecule has 33 heavy (non-hydrogen) atoms. The van der Waals surface area contributed by atoms with Crippen molar-refractivity contribution < 1.29 is 24.2 Å². The van der Waals surface area contributed by atoms with Crippen molar-refractivity contribution in [1.29, 1.82) is 0 Å². The van der Waals surface area contributed by atoms with E-state index in [1.54, 1.807) is 12.1 Å². The van der Waals surface area contributed by atoms with Crippen LogP contribution in [0.4, 0.5) is 0 Å². The van der Waals surface area contributed by atoms with Crippen molar-refractivity contribution in [3.05, 3.63) is 58.6 Å². The lowest BCUT2D eigenvalue weighted by atomic mass is 10.2. The van der Waals surface area contributed by atoms with Crippen molar-refractivity contribution in [2.45, 2.75) is 19.4 Å². The van der Waals surface area contributed by atoms with E-state index in [0.717, 1.165) is 0 Å². The van der Waals surface area contributed by atoms with Crippen LogP contribution in [0.5, 0.6) is 17.2 Å². The normalized spacial score (nSPS) is 10.6. The number of hydrogen-bond donors (Lipinski definition) is 3. The number of fused-ring (bicyclic) bond motifs is 1.